The van der Waals surface area contributed by atoms with Crippen LogP contribution < -0.4 is 18.9 Å². The van der Waals surface area contributed by atoms with E-state index in [4.69, 9.17) is 14.2 Å². The van der Waals surface area contributed by atoms with Crippen molar-refractivity contribution in [2.45, 2.75) is 18.2 Å². The molecule has 0 saturated heterocycles. The number of nitrogens with one attached hydrogen (secondary N) is 1. The molecule has 2 heterocycles. The highest BCUT2D eigenvalue weighted by Gasteiger charge is 2.25. The van der Waals surface area contributed by atoms with Gasteiger partial charge in [0, 0.05) is 12.4 Å². The summed E-state index contributed by atoms with van der Waals surface area (Å²) >= 11 is 0. The topological polar surface area (TPSA) is 125 Å². The number of rotatable bonds is 11. The third-order valence-corrected chi connectivity index (χ3v) is 6.36. The number of nitrogens with zero attached hydrogens (tertiary/aromatic N) is 4. The number of hydrogen-bond acceptors (Lipinski definition) is 9. The lowest BCUT2D eigenvalue weighted by Crippen LogP contribution is -2.16. The molecule has 0 radical (unpaired) electrons. The van der Waals surface area contributed by atoms with Crippen LogP contribution in [-0.4, -0.2) is 42.1 Å². The first-order valence-corrected chi connectivity index (χ1v) is 12.7. The molecular weight excluding hydrogens is 494 g/mol. The molecule has 0 spiro atoms. The zero-order valence-corrected chi connectivity index (χ0v) is 21.1. The normalized spacial score (nSPS) is 11.0. The predicted octanol–water partition coefficient (Wildman–Crippen LogP) is 4.80. The third kappa shape index (κ3) is 6.19. The highest BCUT2D eigenvalue weighted by atomic mass is 32.2. The summed E-state index contributed by atoms with van der Waals surface area (Å²) in [6.45, 7) is 5.78. The lowest BCUT2D eigenvalue weighted by Gasteiger charge is -2.18. The number of ether oxygens (including phenoxy) is 3. The second-order valence-electron chi connectivity index (χ2n) is 7.70. The lowest BCUT2D eigenvalue weighted by molar-refractivity contribution is 0.293. The van der Waals surface area contributed by atoms with Crippen LogP contribution in [0.25, 0.3) is 11.6 Å². The Labute approximate surface area is 215 Å². The van der Waals surface area contributed by atoms with Crippen LogP contribution in [0.3, 0.4) is 0 Å². The van der Waals surface area contributed by atoms with Crippen molar-refractivity contribution in [2.24, 2.45) is 0 Å². The van der Waals surface area contributed by atoms with Gasteiger partial charge in [0.25, 0.3) is 15.9 Å². The molecule has 0 bridgehead atoms. The molecule has 190 valence electrons. The van der Waals surface area contributed by atoms with Gasteiger partial charge in [-0.2, -0.15) is 4.98 Å². The summed E-state index contributed by atoms with van der Waals surface area (Å²) in [7, 11) is -2.57. The fraction of sp³-hybridized carbons (Fsp3) is 0.154. The molecule has 2 aromatic heterocycles. The zero-order chi connectivity index (χ0) is 26.3. The van der Waals surface area contributed by atoms with Gasteiger partial charge in [0.15, 0.2) is 23.1 Å². The van der Waals surface area contributed by atoms with Crippen LogP contribution >= 0.6 is 0 Å². The van der Waals surface area contributed by atoms with Crippen molar-refractivity contribution in [3.8, 4) is 34.8 Å². The molecule has 0 aliphatic heterocycles. The molecule has 37 heavy (non-hydrogen) atoms. The summed E-state index contributed by atoms with van der Waals surface area (Å²) in [4.78, 5) is 17.3. The van der Waals surface area contributed by atoms with E-state index in [9.17, 15) is 8.42 Å². The van der Waals surface area contributed by atoms with Gasteiger partial charge in [-0.05, 0) is 43.7 Å². The molecule has 4 aromatic rings. The number of aromatic nitrogens is 4. The van der Waals surface area contributed by atoms with Crippen LogP contribution in [0.2, 0.25) is 0 Å². The lowest BCUT2D eigenvalue weighted by atomic mass is 10.2. The van der Waals surface area contributed by atoms with Gasteiger partial charge in [-0.1, -0.05) is 35.9 Å². The van der Waals surface area contributed by atoms with Crippen molar-refractivity contribution in [2.75, 3.05) is 18.4 Å². The van der Waals surface area contributed by atoms with Crippen LogP contribution in [0.1, 0.15) is 12.0 Å². The minimum absolute atomic E-state index is 0.00758. The standard InChI is InChI=1S/C26H25N5O5S/c1-4-5-17-35-26-22(36-21-10-7-6-9-20(21)34-3)23(29-25(30-26)24-27-15-8-16-28-24)31-37(32,33)19-13-11-18(2)12-14-19/h4,6-16H,1,5,17H2,2-3H3,(H,29,30,31). The third-order valence-electron chi connectivity index (χ3n) is 5.00. The van der Waals surface area contributed by atoms with Gasteiger partial charge in [0.2, 0.25) is 11.6 Å². The van der Waals surface area contributed by atoms with Gasteiger partial charge in [0.1, 0.15) is 0 Å². The van der Waals surface area contributed by atoms with E-state index < -0.39 is 10.0 Å². The van der Waals surface area contributed by atoms with Crippen molar-refractivity contribution in [1.29, 1.82) is 0 Å². The SMILES string of the molecule is C=CCCOc1nc(-c2ncccn2)nc(NS(=O)(=O)c2ccc(C)cc2)c1Oc1ccccc1OC. The Bertz CT molecular complexity index is 1480. The average molecular weight is 520 g/mol. The summed E-state index contributed by atoms with van der Waals surface area (Å²) in [5.41, 5.74) is 0.919. The van der Waals surface area contributed by atoms with Crippen molar-refractivity contribution in [1.82, 2.24) is 19.9 Å². The highest BCUT2D eigenvalue weighted by molar-refractivity contribution is 7.92. The fourth-order valence-electron chi connectivity index (χ4n) is 3.16. The minimum atomic E-state index is -4.07. The van der Waals surface area contributed by atoms with E-state index in [2.05, 4.69) is 31.2 Å². The fourth-order valence-corrected chi connectivity index (χ4v) is 4.16. The number of anilines is 1. The number of methoxy groups -OCH3 is 1. The minimum Gasteiger partial charge on any atom is -0.493 e. The monoisotopic (exact) mass is 519 g/mol. The Morgan fingerprint density at radius 1 is 0.946 bits per heavy atom. The molecule has 1 N–H and O–H groups in total. The summed E-state index contributed by atoms with van der Waals surface area (Å²) < 4.78 is 46.6. The molecule has 4 rings (SSSR count). The Balaban J connectivity index is 1.88. The second-order valence-corrected chi connectivity index (χ2v) is 9.38. The summed E-state index contributed by atoms with van der Waals surface area (Å²) in [5.74, 6) is 0.733. The Morgan fingerprint density at radius 3 is 2.32 bits per heavy atom. The van der Waals surface area contributed by atoms with E-state index in [1.165, 1.54) is 31.6 Å². The number of hydrogen-bond donors (Lipinski definition) is 1. The molecule has 0 saturated carbocycles. The molecule has 0 amide bonds. The first-order chi connectivity index (χ1) is 17.9. The smallest absolute Gasteiger partial charge is 0.263 e. The van der Waals surface area contributed by atoms with Gasteiger partial charge in [0.05, 0.1) is 18.6 Å². The molecule has 11 heteroatoms. The highest BCUT2D eigenvalue weighted by Crippen LogP contribution is 2.41. The van der Waals surface area contributed by atoms with Gasteiger partial charge < -0.3 is 14.2 Å². The number of para-hydroxylation sites is 2. The molecule has 0 aliphatic rings. The van der Waals surface area contributed by atoms with E-state index in [1.807, 2.05) is 6.92 Å². The molecule has 0 unspecified atom stereocenters. The van der Waals surface area contributed by atoms with Crippen LogP contribution in [0.15, 0.2) is 84.5 Å². The van der Waals surface area contributed by atoms with E-state index in [1.54, 1.807) is 48.5 Å². The molecule has 0 atom stereocenters. The Hall–Kier alpha value is -4.51. The summed E-state index contributed by atoms with van der Waals surface area (Å²) in [6.07, 6.45) is 5.25. The van der Waals surface area contributed by atoms with E-state index >= 15 is 0 Å². The van der Waals surface area contributed by atoms with Gasteiger partial charge in [-0.3, -0.25) is 4.72 Å². The number of aryl methyl sites for hydroxylation is 1. The van der Waals surface area contributed by atoms with Crippen molar-refractivity contribution < 1.29 is 22.6 Å². The van der Waals surface area contributed by atoms with Crippen molar-refractivity contribution >= 4 is 15.8 Å². The Kier molecular flexibility index (Phi) is 7.94. The second kappa shape index (κ2) is 11.5. The zero-order valence-electron chi connectivity index (χ0n) is 20.3. The van der Waals surface area contributed by atoms with Crippen molar-refractivity contribution in [3.05, 3.63) is 85.2 Å². The van der Waals surface area contributed by atoms with E-state index in [0.717, 1.165) is 5.56 Å². The summed E-state index contributed by atoms with van der Waals surface area (Å²) in [5, 5.41) is 0. The van der Waals surface area contributed by atoms with Crippen LogP contribution in [0, 0.1) is 6.92 Å². The van der Waals surface area contributed by atoms with Crippen molar-refractivity contribution in [3.63, 3.8) is 0 Å². The van der Waals surface area contributed by atoms with E-state index in [0.29, 0.717) is 17.9 Å². The number of benzene rings is 2. The molecule has 2 aromatic carbocycles. The summed E-state index contributed by atoms with van der Waals surface area (Å²) in [6, 6.07) is 15.0. The quantitative estimate of drug-likeness (QED) is 0.220. The molecule has 0 aliphatic carbocycles. The first kappa shape index (κ1) is 25.6. The maximum absolute atomic E-state index is 13.3. The molecule has 10 nitrogen and oxygen atoms in total. The van der Waals surface area contributed by atoms with Crippen LogP contribution in [0.4, 0.5) is 5.82 Å². The largest absolute Gasteiger partial charge is 0.493 e. The molecular formula is C26H25N5O5S. The Morgan fingerprint density at radius 2 is 1.65 bits per heavy atom. The molecule has 0 fully saturated rings. The predicted molar refractivity (Wildman–Crippen MR) is 138 cm³/mol. The van der Waals surface area contributed by atoms with Gasteiger partial charge >= 0.3 is 0 Å². The maximum Gasteiger partial charge on any atom is 0.263 e. The van der Waals surface area contributed by atoms with Crippen LogP contribution in [-0.2, 0) is 10.0 Å². The average Bonchev–Trinajstić information content (AvgIpc) is 2.91. The first-order valence-electron chi connectivity index (χ1n) is 11.2. The van der Waals surface area contributed by atoms with E-state index in [-0.39, 0.29) is 40.6 Å². The van der Waals surface area contributed by atoms with Gasteiger partial charge in [-0.15, -0.1) is 6.58 Å². The number of sulfonamides is 1. The maximum atomic E-state index is 13.3. The van der Waals surface area contributed by atoms with Crippen LogP contribution in [0.5, 0.6) is 23.1 Å². The van der Waals surface area contributed by atoms with Gasteiger partial charge in [-0.25, -0.2) is 23.4 Å².